The molecule has 6 heteroatoms. The number of H-pyrrole nitrogens is 1. The number of aryl methyl sites for hydroxylation is 3. The number of hydrogen-bond donors (Lipinski definition) is 3. The maximum atomic E-state index is 13.2. The number of benzene rings is 2. The lowest BCUT2D eigenvalue weighted by Gasteiger charge is -2.19. The van der Waals surface area contributed by atoms with Gasteiger partial charge in [0.05, 0.1) is 6.10 Å². The molecular weight excluding hydrogens is 392 g/mol. The minimum Gasteiger partial charge on any atom is -0.443 e. The van der Waals surface area contributed by atoms with E-state index in [0.717, 1.165) is 11.1 Å². The van der Waals surface area contributed by atoms with E-state index in [0.29, 0.717) is 28.1 Å². The van der Waals surface area contributed by atoms with Crippen molar-refractivity contribution < 1.29 is 19.4 Å². The van der Waals surface area contributed by atoms with Crippen LogP contribution in [0, 0.1) is 27.7 Å². The van der Waals surface area contributed by atoms with Gasteiger partial charge in [-0.25, -0.2) is 4.79 Å². The summed E-state index contributed by atoms with van der Waals surface area (Å²) in [4.78, 5) is 29.2. The molecule has 1 heterocycles. The number of rotatable bonds is 6. The van der Waals surface area contributed by atoms with E-state index < -0.39 is 24.1 Å². The third kappa shape index (κ3) is 4.86. The summed E-state index contributed by atoms with van der Waals surface area (Å²) in [7, 11) is 0. The molecular formula is C25H28N2O4. The molecule has 0 bridgehead atoms. The Morgan fingerprint density at radius 1 is 1.03 bits per heavy atom. The molecule has 0 aliphatic carbocycles. The Kier molecular flexibility index (Phi) is 6.61. The van der Waals surface area contributed by atoms with Crippen molar-refractivity contribution in [1.82, 2.24) is 4.98 Å². The van der Waals surface area contributed by atoms with Crippen molar-refractivity contribution in [3.63, 3.8) is 0 Å². The number of nitrogens with one attached hydrogen (secondary N) is 2. The minimum absolute atomic E-state index is 0.230. The van der Waals surface area contributed by atoms with Crippen LogP contribution in [0.25, 0.3) is 0 Å². The molecule has 6 nitrogen and oxygen atoms in total. The molecule has 2 aromatic carbocycles. The molecule has 0 fully saturated rings. The van der Waals surface area contributed by atoms with Gasteiger partial charge in [0, 0.05) is 22.5 Å². The van der Waals surface area contributed by atoms with Crippen LogP contribution in [0.2, 0.25) is 0 Å². The molecule has 0 saturated heterocycles. The van der Waals surface area contributed by atoms with Gasteiger partial charge in [-0.3, -0.25) is 4.79 Å². The van der Waals surface area contributed by atoms with Crippen LogP contribution in [0.3, 0.4) is 0 Å². The van der Waals surface area contributed by atoms with Crippen molar-refractivity contribution >= 4 is 17.6 Å². The highest BCUT2D eigenvalue weighted by molar-refractivity contribution is 5.98. The first-order chi connectivity index (χ1) is 14.7. The highest BCUT2D eigenvalue weighted by Crippen LogP contribution is 2.28. The summed E-state index contributed by atoms with van der Waals surface area (Å²) in [5.41, 5.74) is 5.35. The van der Waals surface area contributed by atoms with E-state index in [1.54, 1.807) is 45.0 Å². The zero-order chi connectivity index (χ0) is 22.7. The van der Waals surface area contributed by atoms with Gasteiger partial charge in [-0.15, -0.1) is 0 Å². The van der Waals surface area contributed by atoms with Gasteiger partial charge < -0.3 is 20.1 Å². The van der Waals surface area contributed by atoms with Crippen molar-refractivity contribution in [3.8, 4) is 0 Å². The zero-order valence-corrected chi connectivity index (χ0v) is 18.4. The number of carbonyl (C=O) groups excluding carboxylic acids is 2. The number of esters is 1. The monoisotopic (exact) mass is 420 g/mol. The van der Waals surface area contributed by atoms with Crippen LogP contribution in [0.1, 0.15) is 63.1 Å². The summed E-state index contributed by atoms with van der Waals surface area (Å²) in [6.45, 7) is 9.02. The topological polar surface area (TPSA) is 91.4 Å². The van der Waals surface area contributed by atoms with Crippen molar-refractivity contribution in [2.24, 2.45) is 0 Å². The van der Waals surface area contributed by atoms with E-state index in [4.69, 9.17) is 4.74 Å². The van der Waals surface area contributed by atoms with Crippen LogP contribution in [-0.2, 0) is 9.53 Å². The second-order valence-corrected chi connectivity index (χ2v) is 7.84. The van der Waals surface area contributed by atoms with Crippen molar-refractivity contribution in [3.05, 3.63) is 87.7 Å². The smallest absolute Gasteiger partial charge is 0.356 e. The SMILES string of the molecule is Cc1ccc(C)c(NC(=O)[C@H](OC(=O)c2[nH]c(C)c([C@@H](C)O)c2C)c2ccccc2)c1. The van der Waals surface area contributed by atoms with E-state index in [1.807, 2.05) is 38.1 Å². The second kappa shape index (κ2) is 9.18. The molecule has 0 aliphatic rings. The predicted octanol–water partition coefficient (Wildman–Crippen LogP) is 4.84. The third-order valence-electron chi connectivity index (χ3n) is 5.33. The van der Waals surface area contributed by atoms with E-state index in [9.17, 15) is 14.7 Å². The third-order valence-corrected chi connectivity index (χ3v) is 5.33. The van der Waals surface area contributed by atoms with E-state index in [1.165, 1.54) is 0 Å². The quantitative estimate of drug-likeness (QED) is 0.498. The number of aromatic nitrogens is 1. The molecule has 3 aromatic rings. The summed E-state index contributed by atoms with van der Waals surface area (Å²) in [6, 6.07) is 14.7. The highest BCUT2D eigenvalue weighted by atomic mass is 16.5. The Bertz CT molecular complexity index is 1100. The maximum Gasteiger partial charge on any atom is 0.356 e. The number of amides is 1. The van der Waals surface area contributed by atoms with Crippen molar-refractivity contribution in [2.75, 3.05) is 5.32 Å². The number of anilines is 1. The van der Waals surface area contributed by atoms with Gasteiger partial charge in [0.1, 0.15) is 5.69 Å². The summed E-state index contributed by atoms with van der Waals surface area (Å²) in [6.07, 6.45) is -1.86. The van der Waals surface area contributed by atoms with Gasteiger partial charge in [0.25, 0.3) is 5.91 Å². The molecule has 0 aliphatic heterocycles. The average molecular weight is 421 g/mol. The van der Waals surface area contributed by atoms with Crippen LogP contribution in [-0.4, -0.2) is 22.0 Å². The lowest BCUT2D eigenvalue weighted by molar-refractivity contribution is -0.125. The Labute approximate surface area is 182 Å². The molecule has 3 rings (SSSR count). The maximum absolute atomic E-state index is 13.2. The lowest BCUT2D eigenvalue weighted by atomic mass is 10.1. The van der Waals surface area contributed by atoms with Gasteiger partial charge >= 0.3 is 5.97 Å². The molecule has 162 valence electrons. The molecule has 31 heavy (non-hydrogen) atoms. The van der Waals surface area contributed by atoms with Crippen molar-refractivity contribution in [1.29, 1.82) is 0 Å². The standard InChI is InChI=1S/C25H28N2O4/c1-14-11-12-15(2)20(13-14)27-24(29)23(19-9-7-6-8-10-19)31-25(30)22-16(3)21(18(5)28)17(4)26-22/h6-13,18,23,26,28H,1-5H3,(H,27,29)/t18-,23-/m1/s1. The minimum atomic E-state index is -1.13. The fourth-order valence-electron chi connectivity index (χ4n) is 3.73. The molecule has 2 atom stereocenters. The Morgan fingerprint density at radius 3 is 2.32 bits per heavy atom. The van der Waals surface area contributed by atoms with Crippen LogP contribution >= 0.6 is 0 Å². The molecule has 0 unspecified atom stereocenters. The second-order valence-electron chi connectivity index (χ2n) is 7.84. The number of aliphatic hydroxyl groups excluding tert-OH is 1. The number of carbonyl (C=O) groups is 2. The number of ether oxygens (including phenoxy) is 1. The molecule has 0 saturated carbocycles. The average Bonchev–Trinajstić information content (AvgIpc) is 3.03. The fraction of sp³-hybridized carbons (Fsp3) is 0.280. The summed E-state index contributed by atoms with van der Waals surface area (Å²) in [5.74, 6) is -1.10. The number of aromatic amines is 1. The fourth-order valence-corrected chi connectivity index (χ4v) is 3.73. The van der Waals surface area contributed by atoms with Crippen LogP contribution in [0.15, 0.2) is 48.5 Å². The Morgan fingerprint density at radius 2 is 1.71 bits per heavy atom. The van der Waals surface area contributed by atoms with Gasteiger partial charge in [-0.05, 0) is 57.4 Å². The first-order valence-corrected chi connectivity index (χ1v) is 10.2. The molecule has 0 radical (unpaired) electrons. The summed E-state index contributed by atoms with van der Waals surface area (Å²) >= 11 is 0. The van der Waals surface area contributed by atoms with E-state index in [-0.39, 0.29) is 5.69 Å². The Hall–Kier alpha value is -3.38. The normalized spacial score (nSPS) is 12.8. The predicted molar refractivity (Wildman–Crippen MR) is 120 cm³/mol. The first kappa shape index (κ1) is 22.3. The van der Waals surface area contributed by atoms with Crippen LogP contribution < -0.4 is 5.32 Å². The number of aliphatic hydroxyl groups is 1. The van der Waals surface area contributed by atoms with E-state index in [2.05, 4.69) is 10.3 Å². The highest BCUT2D eigenvalue weighted by Gasteiger charge is 2.29. The molecule has 1 amide bonds. The van der Waals surface area contributed by atoms with Gasteiger partial charge in [0.15, 0.2) is 0 Å². The zero-order valence-electron chi connectivity index (χ0n) is 18.4. The van der Waals surface area contributed by atoms with Gasteiger partial charge in [-0.1, -0.05) is 42.5 Å². The van der Waals surface area contributed by atoms with Crippen molar-refractivity contribution in [2.45, 2.75) is 46.8 Å². The lowest BCUT2D eigenvalue weighted by Crippen LogP contribution is -2.26. The molecule has 0 spiro atoms. The van der Waals surface area contributed by atoms with Crippen LogP contribution in [0.5, 0.6) is 0 Å². The molecule has 3 N–H and O–H groups in total. The summed E-state index contributed by atoms with van der Waals surface area (Å²) in [5, 5.41) is 12.9. The summed E-state index contributed by atoms with van der Waals surface area (Å²) < 4.78 is 5.69. The number of hydrogen-bond acceptors (Lipinski definition) is 4. The van der Waals surface area contributed by atoms with Gasteiger partial charge in [-0.2, -0.15) is 0 Å². The first-order valence-electron chi connectivity index (χ1n) is 10.2. The van der Waals surface area contributed by atoms with Crippen LogP contribution in [0.4, 0.5) is 5.69 Å². The van der Waals surface area contributed by atoms with Gasteiger partial charge in [0.2, 0.25) is 6.10 Å². The molecule has 1 aromatic heterocycles. The largest absolute Gasteiger partial charge is 0.443 e. The Balaban J connectivity index is 1.92. The van der Waals surface area contributed by atoms with E-state index >= 15 is 0 Å².